The Hall–Kier alpha value is -0.190. The van der Waals surface area contributed by atoms with Crippen LogP contribution >= 0.6 is 27.7 Å². The van der Waals surface area contributed by atoms with Crippen LogP contribution in [0.2, 0.25) is 0 Å². The van der Waals surface area contributed by atoms with Crippen LogP contribution < -0.4 is 4.74 Å². The van der Waals surface area contributed by atoms with Crippen molar-refractivity contribution >= 4 is 27.7 Å². The number of thioether (sulfide) groups is 1. The van der Waals surface area contributed by atoms with E-state index in [-0.39, 0.29) is 0 Å². The minimum Gasteiger partial charge on any atom is -0.492 e. The van der Waals surface area contributed by atoms with E-state index in [1.807, 2.05) is 24.3 Å². The lowest BCUT2D eigenvalue weighted by Crippen LogP contribution is -2.39. The average molecular weight is 316 g/mol. The molecule has 1 aromatic rings. The molecule has 0 amide bonds. The second-order valence-corrected chi connectivity index (χ2v) is 6.75. The highest BCUT2D eigenvalue weighted by Gasteiger charge is 2.15. The first-order chi connectivity index (χ1) is 8.24. The van der Waals surface area contributed by atoms with E-state index in [1.54, 1.807) is 0 Å². The molecular formula is C13H18BrNOS. The second-order valence-electron chi connectivity index (χ2n) is 4.28. The van der Waals surface area contributed by atoms with E-state index >= 15 is 0 Å². The van der Waals surface area contributed by atoms with Gasteiger partial charge in [0, 0.05) is 35.1 Å². The molecule has 0 aliphatic carbocycles. The Morgan fingerprint density at radius 1 is 1.41 bits per heavy atom. The van der Waals surface area contributed by atoms with Crippen LogP contribution in [-0.2, 0) is 0 Å². The molecule has 1 heterocycles. The van der Waals surface area contributed by atoms with Crippen molar-refractivity contribution in [2.75, 3.05) is 32.0 Å². The summed E-state index contributed by atoms with van der Waals surface area (Å²) < 4.78 is 6.82. The first-order valence-electron chi connectivity index (χ1n) is 5.96. The molecule has 0 spiro atoms. The molecule has 1 atom stereocenters. The second kappa shape index (κ2) is 6.66. The topological polar surface area (TPSA) is 12.5 Å². The fourth-order valence-electron chi connectivity index (χ4n) is 1.92. The summed E-state index contributed by atoms with van der Waals surface area (Å²) in [6.07, 6.45) is 0. The van der Waals surface area contributed by atoms with Crippen molar-refractivity contribution < 1.29 is 4.74 Å². The highest BCUT2D eigenvalue weighted by molar-refractivity contribution is 9.10. The average Bonchev–Trinajstić information content (AvgIpc) is 2.32. The Morgan fingerprint density at radius 2 is 2.18 bits per heavy atom. The van der Waals surface area contributed by atoms with Gasteiger partial charge in [0.15, 0.2) is 0 Å². The lowest BCUT2D eigenvalue weighted by Gasteiger charge is -2.30. The van der Waals surface area contributed by atoms with Gasteiger partial charge in [-0.3, -0.25) is 4.90 Å². The van der Waals surface area contributed by atoms with Crippen LogP contribution in [0.25, 0.3) is 0 Å². The fraction of sp³-hybridized carbons (Fsp3) is 0.538. The predicted molar refractivity (Wildman–Crippen MR) is 78.0 cm³/mol. The molecule has 1 fully saturated rings. The third-order valence-corrected chi connectivity index (χ3v) is 4.48. The van der Waals surface area contributed by atoms with Crippen molar-refractivity contribution in [2.45, 2.75) is 12.2 Å². The third kappa shape index (κ3) is 4.53. The lowest BCUT2D eigenvalue weighted by molar-refractivity contribution is 0.215. The number of rotatable bonds is 4. The summed E-state index contributed by atoms with van der Waals surface area (Å²) in [4.78, 5) is 2.49. The van der Waals surface area contributed by atoms with Crippen LogP contribution in [0.4, 0.5) is 0 Å². The van der Waals surface area contributed by atoms with Crippen molar-refractivity contribution in [1.29, 1.82) is 0 Å². The van der Waals surface area contributed by atoms with Crippen LogP contribution in [0.5, 0.6) is 5.75 Å². The molecule has 0 bridgehead atoms. The van der Waals surface area contributed by atoms with Gasteiger partial charge in [-0.05, 0) is 24.3 Å². The van der Waals surface area contributed by atoms with Crippen molar-refractivity contribution in [1.82, 2.24) is 4.90 Å². The van der Waals surface area contributed by atoms with Gasteiger partial charge in [0.2, 0.25) is 0 Å². The minimum atomic E-state index is 0.761. The van der Waals surface area contributed by atoms with Crippen molar-refractivity contribution in [3.8, 4) is 5.75 Å². The lowest BCUT2D eigenvalue weighted by atomic mass is 10.3. The van der Waals surface area contributed by atoms with Crippen molar-refractivity contribution in [3.05, 3.63) is 28.7 Å². The van der Waals surface area contributed by atoms with Gasteiger partial charge < -0.3 is 4.74 Å². The molecular weight excluding hydrogens is 298 g/mol. The van der Waals surface area contributed by atoms with Crippen LogP contribution in [0.3, 0.4) is 0 Å². The van der Waals surface area contributed by atoms with E-state index in [0.717, 1.165) is 28.6 Å². The zero-order valence-electron chi connectivity index (χ0n) is 10.1. The highest BCUT2D eigenvalue weighted by Crippen LogP contribution is 2.18. The normalized spacial score (nSPS) is 21.4. The van der Waals surface area contributed by atoms with E-state index in [9.17, 15) is 0 Å². The Morgan fingerprint density at radius 3 is 2.88 bits per heavy atom. The maximum atomic E-state index is 5.73. The Balaban J connectivity index is 1.70. The monoisotopic (exact) mass is 315 g/mol. The van der Waals surface area contributed by atoms with Crippen molar-refractivity contribution in [3.63, 3.8) is 0 Å². The minimum absolute atomic E-state index is 0.761. The van der Waals surface area contributed by atoms with Gasteiger partial charge in [0.05, 0.1) is 0 Å². The van der Waals surface area contributed by atoms with Crippen LogP contribution in [0.15, 0.2) is 28.7 Å². The van der Waals surface area contributed by atoms with E-state index < -0.39 is 0 Å². The molecule has 4 heteroatoms. The molecule has 17 heavy (non-hydrogen) atoms. The quantitative estimate of drug-likeness (QED) is 0.846. The first kappa shape index (κ1) is 13.2. The van der Waals surface area contributed by atoms with Gasteiger partial charge in [-0.25, -0.2) is 0 Å². The first-order valence-corrected chi connectivity index (χ1v) is 7.80. The summed E-state index contributed by atoms with van der Waals surface area (Å²) >= 11 is 5.48. The molecule has 94 valence electrons. The zero-order valence-corrected chi connectivity index (χ0v) is 12.5. The number of halogens is 1. The largest absolute Gasteiger partial charge is 0.492 e. The van der Waals surface area contributed by atoms with E-state index in [2.05, 4.69) is 39.5 Å². The molecule has 1 unspecified atom stereocenters. The number of hydrogen-bond acceptors (Lipinski definition) is 3. The molecule has 0 saturated carbocycles. The zero-order chi connectivity index (χ0) is 12.1. The smallest absolute Gasteiger partial charge is 0.119 e. The summed E-state index contributed by atoms with van der Waals surface area (Å²) in [6, 6.07) is 8.02. The molecule has 1 aromatic carbocycles. The highest BCUT2D eigenvalue weighted by atomic mass is 79.9. The third-order valence-electron chi connectivity index (χ3n) is 2.82. The number of benzene rings is 1. The van der Waals surface area contributed by atoms with E-state index in [4.69, 9.17) is 4.74 Å². The molecule has 1 aliphatic heterocycles. The number of ether oxygens (including phenoxy) is 1. The molecule has 1 aliphatic rings. The van der Waals surface area contributed by atoms with Gasteiger partial charge in [0.1, 0.15) is 12.4 Å². The molecule has 0 N–H and O–H groups in total. The Labute approximate surface area is 116 Å². The number of hydrogen-bond donors (Lipinski definition) is 0. The van der Waals surface area contributed by atoms with E-state index in [0.29, 0.717) is 0 Å². The molecule has 0 radical (unpaired) electrons. The van der Waals surface area contributed by atoms with E-state index in [1.165, 1.54) is 18.8 Å². The SMILES string of the molecule is CC1CN(CCOc2ccc(Br)cc2)CCS1. The van der Waals surface area contributed by atoms with Crippen LogP contribution in [0, 0.1) is 0 Å². The Kier molecular flexibility index (Phi) is 5.19. The van der Waals surface area contributed by atoms with Gasteiger partial charge in [0.25, 0.3) is 0 Å². The summed E-state index contributed by atoms with van der Waals surface area (Å²) in [6.45, 7) is 6.49. The van der Waals surface area contributed by atoms with Gasteiger partial charge in [-0.1, -0.05) is 22.9 Å². The molecule has 2 rings (SSSR count). The van der Waals surface area contributed by atoms with Gasteiger partial charge in [-0.2, -0.15) is 11.8 Å². The molecule has 0 aromatic heterocycles. The van der Waals surface area contributed by atoms with Crippen LogP contribution in [0.1, 0.15) is 6.92 Å². The summed E-state index contributed by atoms with van der Waals surface area (Å²) in [7, 11) is 0. The summed E-state index contributed by atoms with van der Waals surface area (Å²) in [5.74, 6) is 2.20. The summed E-state index contributed by atoms with van der Waals surface area (Å²) in [5, 5.41) is 0.761. The standard InChI is InChI=1S/C13H18BrNOS/c1-11-10-15(7-9-17-11)6-8-16-13-4-2-12(14)3-5-13/h2-5,11H,6-10H2,1H3. The summed E-state index contributed by atoms with van der Waals surface area (Å²) in [5.41, 5.74) is 0. The predicted octanol–water partition coefficient (Wildman–Crippen LogP) is 3.27. The fourth-order valence-corrected chi connectivity index (χ4v) is 3.26. The van der Waals surface area contributed by atoms with Gasteiger partial charge >= 0.3 is 0 Å². The number of nitrogens with zero attached hydrogens (tertiary/aromatic N) is 1. The molecule has 2 nitrogen and oxygen atoms in total. The van der Waals surface area contributed by atoms with Crippen LogP contribution in [-0.4, -0.2) is 42.1 Å². The van der Waals surface area contributed by atoms with Gasteiger partial charge in [-0.15, -0.1) is 0 Å². The Bertz CT molecular complexity index is 344. The maximum absolute atomic E-state index is 5.73. The van der Waals surface area contributed by atoms with Crippen molar-refractivity contribution in [2.24, 2.45) is 0 Å². The maximum Gasteiger partial charge on any atom is 0.119 e. The molecule has 1 saturated heterocycles.